The molecule has 0 unspecified atom stereocenters. The van der Waals surface area contributed by atoms with E-state index in [9.17, 15) is 9.59 Å². The number of carbonyl (C=O) groups excluding carboxylic acids is 1. The van der Waals surface area contributed by atoms with Crippen LogP contribution in [0.3, 0.4) is 0 Å². The maximum absolute atomic E-state index is 11.8. The van der Waals surface area contributed by atoms with Crippen LogP contribution < -0.4 is 10.6 Å². The quantitative estimate of drug-likeness (QED) is 0.810. The SMILES string of the molecule is Cc1ccc(CNC(=O)Nc2ccc(C(=O)O)cc2C)s1. The molecule has 1 aromatic heterocycles. The van der Waals surface area contributed by atoms with E-state index in [-0.39, 0.29) is 11.6 Å². The zero-order chi connectivity index (χ0) is 15.4. The normalized spacial score (nSPS) is 10.2. The molecular weight excluding hydrogens is 288 g/mol. The molecule has 5 nitrogen and oxygen atoms in total. The van der Waals surface area contributed by atoms with Crippen molar-refractivity contribution in [2.75, 3.05) is 5.32 Å². The third-order valence-electron chi connectivity index (χ3n) is 2.94. The number of rotatable bonds is 4. The maximum atomic E-state index is 11.8. The second-order valence-electron chi connectivity index (χ2n) is 4.65. The second-order valence-corrected chi connectivity index (χ2v) is 6.03. The van der Waals surface area contributed by atoms with E-state index in [2.05, 4.69) is 10.6 Å². The second kappa shape index (κ2) is 6.41. The van der Waals surface area contributed by atoms with Crippen LogP contribution in [0, 0.1) is 13.8 Å². The molecule has 0 aliphatic heterocycles. The van der Waals surface area contributed by atoms with Crippen LogP contribution in [-0.2, 0) is 6.54 Å². The first kappa shape index (κ1) is 15.1. The summed E-state index contributed by atoms with van der Waals surface area (Å²) in [4.78, 5) is 25.0. The van der Waals surface area contributed by atoms with Crippen molar-refractivity contribution < 1.29 is 14.7 Å². The fraction of sp³-hybridized carbons (Fsp3) is 0.200. The van der Waals surface area contributed by atoms with Gasteiger partial charge in [0, 0.05) is 15.4 Å². The van der Waals surface area contributed by atoms with Gasteiger partial charge in [0.15, 0.2) is 0 Å². The zero-order valence-corrected chi connectivity index (χ0v) is 12.6. The van der Waals surface area contributed by atoms with Gasteiger partial charge in [-0.2, -0.15) is 0 Å². The van der Waals surface area contributed by atoms with Crippen LogP contribution in [0.25, 0.3) is 0 Å². The first-order valence-electron chi connectivity index (χ1n) is 6.40. The van der Waals surface area contributed by atoms with Crippen LogP contribution in [0.4, 0.5) is 10.5 Å². The minimum absolute atomic E-state index is 0.201. The summed E-state index contributed by atoms with van der Waals surface area (Å²) in [6, 6.07) is 8.26. The number of urea groups is 1. The Hall–Kier alpha value is -2.34. The number of carbonyl (C=O) groups is 2. The lowest BCUT2D eigenvalue weighted by atomic mass is 10.1. The van der Waals surface area contributed by atoms with E-state index in [1.54, 1.807) is 24.3 Å². The van der Waals surface area contributed by atoms with Gasteiger partial charge in [-0.25, -0.2) is 9.59 Å². The van der Waals surface area contributed by atoms with Gasteiger partial charge in [-0.1, -0.05) is 0 Å². The Kier molecular flexibility index (Phi) is 4.59. The number of amides is 2. The van der Waals surface area contributed by atoms with E-state index < -0.39 is 5.97 Å². The number of benzene rings is 1. The zero-order valence-electron chi connectivity index (χ0n) is 11.8. The average Bonchev–Trinajstić information content (AvgIpc) is 2.84. The molecule has 1 heterocycles. The average molecular weight is 304 g/mol. The van der Waals surface area contributed by atoms with Gasteiger partial charge < -0.3 is 15.7 Å². The van der Waals surface area contributed by atoms with Gasteiger partial charge >= 0.3 is 12.0 Å². The molecule has 0 spiro atoms. The van der Waals surface area contributed by atoms with Crippen LogP contribution in [0.2, 0.25) is 0 Å². The summed E-state index contributed by atoms with van der Waals surface area (Å²) in [6.07, 6.45) is 0. The summed E-state index contributed by atoms with van der Waals surface area (Å²) in [5, 5.41) is 14.4. The fourth-order valence-electron chi connectivity index (χ4n) is 1.85. The molecule has 2 rings (SSSR count). The van der Waals surface area contributed by atoms with Crippen molar-refractivity contribution >= 4 is 29.0 Å². The molecule has 110 valence electrons. The van der Waals surface area contributed by atoms with Crippen molar-refractivity contribution in [3.8, 4) is 0 Å². The highest BCUT2D eigenvalue weighted by Crippen LogP contribution is 2.17. The Bertz CT molecular complexity index is 679. The number of carboxylic acids is 1. The summed E-state index contributed by atoms with van der Waals surface area (Å²) >= 11 is 1.64. The predicted molar refractivity (Wildman–Crippen MR) is 83.1 cm³/mol. The Balaban J connectivity index is 1.94. The van der Waals surface area contributed by atoms with Gasteiger partial charge in [0.2, 0.25) is 0 Å². The van der Waals surface area contributed by atoms with Crippen LogP contribution in [0.1, 0.15) is 25.7 Å². The highest BCUT2D eigenvalue weighted by molar-refractivity contribution is 7.11. The summed E-state index contributed by atoms with van der Waals surface area (Å²) in [7, 11) is 0. The molecule has 0 bridgehead atoms. The Morgan fingerprint density at radius 2 is 1.95 bits per heavy atom. The predicted octanol–water partition coefficient (Wildman–Crippen LogP) is 3.38. The largest absolute Gasteiger partial charge is 0.478 e. The van der Waals surface area contributed by atoms with Crippen LogP contribution in [-0.4, -0.2) is 17.1 Å². The molecule has 0 aliphatic rings. The number of aromatic carboxylic acids is 1. The van der Waals surface area contributed by atoms with Crippen LogP contribution in [0.5, 0.6) is 0 Å². The highest BCUT2D eigenvalue weighted by Gasteiger charge is 2.08. The lowest BCUT2D eigenvalue weighted by molar-refractivity contribution is 0.0697. The molecule has 1 aromatic carbocycles. The monoisotopic (exact) mass is 304 g/mol. The number of nitrogens with one attached hydrogen (secondary N) is 2. The van der Waals surface area contributed by atoms with Gasteiger partial charge in [0.1, 0.15) is 0 Å². The van der Waals surface area contributed by atoms with Crippen molar-refractivity contribution in [2.24, 2.45) is 0 Å². The van der Waals surface area contributed by atoms with Gasteiger partial charge in [-0.15, -0.1) is 11.3 Å². The standard InChI is InChI=1S/C15H16N2O3S/c1-9-7-11(14(18)19)4-6-13(9)17-15(20)16-8-12-5-3-10(2)21-12/h3-7H,8H2,1-2H3,(H,18,19)(H2,16,17,20). The van der Waals surface area contributed by atoms with E-state index in [0.717, 1.165) is 4.88 Å². The molecule has 6 heteroatoms. The molecule has 0 fully saturated rings. The summed E-state index contributed by atoms with van der Waals surface area (Å²) in [5.41, 5.74) is 1.50. The lowest BCUT2D eigenvalue weighted by Crippen LogP contribution is -2.28. The topological polar surface area (TPSA) is 78.4 Å². The molecule has 21 heavy (non-hydrogen) atoms. The van der Waals surface area contributed by atoms with Crippen molar-refractivity contribution in [2.45, 2.75) is 20.4 Å². The van der Waals surface area contributed by atoms with Gasteiger partial charge in [-0.05, 0) is 49.7 Å². The molecule has 2 amide bonds. The third-order valence-corrected chi connectivity index (χ3v) is 3.94. The summed E-state index contributed by atoms with van der Waals surface area (Å²) in [6.45, 7) is 4.24. The number of aryl methyl sites for hydroxylation is 2. The fourth-order valence-corrected chi connectivity index (χ4v) is 2.68. The number of thiophene rings is 1. The Morgan fingerprint density at radius 3 is 2.52 bits per heavy atom. The lowest BCUT2D eigenvalue weighted by Gasteiger charge is -2.10. The smallest absolute Gasteiger partial charge is 0.335 e. The summed E-state index contributed by atoms with van der Waals surface area (Å²) in [5.74, 6) is -0.984. The molecule has 2 aromatic rings. The van der Waals surface area contributed by atoms with Gasteiger partial charge in [-0.3, -0.25) is 0 Å². The third kappa shape index (κ3) is 4.06. The molecule has 3 N–H and O–H groups in total. The van der Waals surface area contributed by atoms with E-state index in [4.69, 9.17) is 5.11 Å². The Morgan fingerprint density at radius 1 is 1.19 bits per heavy atom. The highest BCUT2D eigenvalue weighted by atomic mass is 32.1. The van der Waals surface area contributed by atoms with E-state index in [0.29, 0.717) is 17.8 Å². The molecule has 0 saturated carbocycles. The number of hydrogen-bond donors (Lipinski definition) is 3. The molecule has 0 atom stereocenters. The minimum Gasteiger partial charge on any atom is -0.478 e. The van der Waals surface area contributed by atoms with Gasteiger partial charge in [0.25, 0.3) is 0 Å². The first-order chi connectivity index (χ1) is 9.95. The number of hydrogen-bond acceptors (Lipinski definition) is 3. The first-order valence-corrected chi connectivity index (χ1v) is 7.21. The molecular formula is C15H16N2O3S. The number of anilines is 1. The maximum Gasteiger partial charge on any atom is 0.335 e. The minimum atomic E-state index is -0.984. The summed E-state index contributed by atoms with van der Waals surface area (Å²) < 4.78 is 0. The van der Waals surface area contributed by atoms with Crippen LogP contribution in [0.15, 0.2) is 30.3 Å². The molecule has 0 aliphatic carbocycles. The van der Waals surface area contributed by atoms with Crippen molar-refractivity contribution in [3.05, 3.63) is 51.2 Å². The van der Waals surface area contributed by atoms with E-state index >= 15 is 0 Å². The molecule has 0 radical (unpaired) electrons. The van der Waals surface area contributed by atoms with Crippen molar-refractivity contribution in [1.29, 1.82) is 0 Å². The van der Waals surface area contributed by atoms with Crippen molar-refractivity contribution in [3.63, 3.8) is 0 Å². The van der Waals surface area contributed by atoms with E-state index in [1.165, 1.54) is 17.0 Å². The Labute approximate surface area is 126 Å². The van der Waals surface area contributed by atoms with E-state index in [1.807, 2.05) is 19.1 Å². The molecule has 0 saturated heterocycles. The van der Waals surface area contributed by atoms with Crippen LogP contribution >= 0.6 is 11.3 Å². The number of carboxylic acid groups (broad SMARTS) is 1. The van der Waals surface area contributed by atoms with Gasteiger partial charge in [0.05, 0.1) is 12.1 Å². The van der Waals surface area contributed by atoms with Crippen molar-refractivity contribution in [1.82, 2.24) is 5.32 Å².